The number of halogens is 1. The van der Waals surface area contributed by atoms with Gasteiger partial charge in [0.05, 0.1) is 0 Å². The molecule has 0 spiro atoms. The van der Waals surface area contributed by atoms with Gasteiger partial charge in [-0.15, -0.1) is 0 Å². The summed E-state index contributed by atoms with van der Waals surface area (Å²) in [6, 6.07) is 5.02. The van der Waals surface area contributed by atoms with Crippen LogP contribution in [0.3, 0.4) is 0 Å². The number of rotatable bonds is 5. The first kappa shape index (κ1) is 13.0. The molecule has 0 aliphatic heterocycles. The summed E-state index contributed by atoms with van der Waals surface area (Å²) >= 11 is 5.87. The molecule has 2 nitrogen and oxygen atoms in total. The Kier molecular flexibility index (Phi) is 4.81. The molecule has 0 heterocycles. The smallest absolute Gasteiger partial charge is 0.163 e. The summed E-state index contributed by atoms with van der Waals surface area (Å²) in [5.74, 6) is 0.579. The number of hydrogen-bond acceptors (Lipinski definition) is 2. The Balaban J connectivity index is 2.80. The molecule has 0 atom stereocenters. The van der Waals surface area contributed by atoms with E-state index in [0.29, 0.717) is 28.6 Å². The molecule has 1 aromatic carbocycles. The lowest BCUT2D eigenvalue weighted by molar-refractivity contribution is 0.0959. The molecule has 0 bridgehead atoms. The molecule has 0 aromatic heterocycles. The van der Waals surface area contributed by atoms with E-state index in [-0.39, 0.29) is 5.78 Å². The van der Waals surface area contributed by atoms with Gasteiger partial charge in [-0.25, -0.2) is 0 Å². The van der Waals surface area contributed by atoms with E-state index in [4.69, 9.17) is 17.3 Å². The third kappa shape index (κ3) is 3.53. The Bertz CT molecular complexity index is 352. The highest BCUT2D eigenvalue weighted by Gasteiger charge is 2.13. The average molecular weight is 240 g/mol. The van der Waals surface area contributed by atoms with Gasteiger partial charge in [-0.05, 0) is 24.1 Å². The Hall–Kier alpha value is -1.02. The first-order chi connectivity index (χ1) is 7.56. The van der Waals surface area contributed by atoms with E-state index in [9.17, 15) is 4.79 Å². The van der Waals surface area contributed by atoms with Crippen molar-refractivity contribution < 1.29 is 4.79 Å². The molecular weight excluding hydrogens is 222 g/mol. The monoisotopic (exact) mass is 239 g/mol. The predicted octanol–water partition coefficient (Wildman–Crippen LogP) is 3.93. The standard InChI is InChI=1S/C13H18ClNO/c1-3-9(4-2)5-13(16)10-6-11(14)8-12(15)7-10/h6-9H,3-5,15H2,1-2H3. The van der Waals surface area contributed by atoms with Crippen LogP contribution in [0.25, 0.3) is 0 Å². The molecule has 0 aliphatic rings. The van der Waals surface area contributed by atoms with E-state index in [2.05, 4.69) is 13.8 Å². The van der Waals surface area contributed by atoms with Gasteiger partial charge < -0.3 is 5.73 Å². The second-order valence-corrected chi connectivity index (χ2v) is 4.52. The first-order valence-corrected chi connectivity index (χ1v) is 6.03. The summed E-state index contributed by atoms with van der Waals surface area (Å²) < 4.78 is 0. The van der Waals surface area contributed by atoms with E-state index < -0.39 is 0 Å². The fourth-order valence-corrected chi connectivity index (χ4v) is 1.97. The van der Waals surface area contributed by atoms with Crippen LogP contribution in [0.1, 0.15) is 43.5 Å². The van der Waals surface area contributed by atoms with Crippen molar-refractivity contribution in [2.45, 2.75) is 33.1 Å². The number of carbonyl (C=O) groups is 1. The van der Waals surface area contributed by atoms with E-state index >= 15 is 0 Å². The highest BCUT2D eigenvalue weighted by Crippen LogP contribution is 2.21. The van der Waals surface area contributed by atoms with Crippen molar-refractivity contribution >= 4 is 23.1 Å². The van der Waals surface area contributed by atoms with Gasteiger partial charge >= 0.3 is 0 Å². The van der Waals surface area contributed by atoms with Gasteiger partial charge in [-0.3, -0.25) is 4.79 Å². The zero-order valence-electron chi connectivity index (χ0n) is 9.79. The van der Waals surface area contributed by atoms with Crippen LogP contribution < -0.4 is 5.73 Å². The first-order valence-electron chi connectivity index (χ1n) is 5.66. The van der Waals surface area contributed by atoms with E-state index in [1.165, 1.54) is 0 Å². The molecule has 3 heteroatoms. The summed E-state index contributed by atoms with van der Waals surface area (Å²) in [7, 11) is 0. The maximum absolute atomic E-state index is 12.0. The maximum atomic E-state index is 12.0. The fraction of sp³-hybridized carbons (Fsp3) is 0.462. The molecule has 0 unspecified atom stereocenters. The molecule has 0 saturated carbocycles. The molecule has 0 amide bonds. The van der Waals surface area contributed by atoms with E-state index in [0.717, 1.165) is 12.8 Å². The van der Waals surface area contributed by atoms with Crippen molar-refractivity contribution in [1.82, 2.24) is 0 Å². The number of ketones is 1. The van der Waals surface area contributed by atoms with Crippen LogP contribution in [0.15, 0.2) is 18.2 Å². The summed E-state index contributed by atoms with van der Waals surface area (Å²) in [6.45, 7) is 4.21. The number of Topliss-reactive ketones (excluding diaryl/α,β-unsaturated/α-hetero) is 1. The van der Waals surface area contributed by atoms with Crippen LogP contribution >= 0.6 is 11.6 Å². The van der Waals surface area contributed by atoms with Crippen LogP contribution in [-0.2, 0) is 0 Å². The van der Waals surface area contributed by atoms with Gasteiger partial charge in [0, 0.05) is 22.7 Å². The SMILES string of the molecule is CCC(CC)CC(=O)c1cc(N)cc(Cl)c1. The Morgan fingerprint density at radius 2 is 1.94 bits per heavy atom. The van der Waals surface area contributed by atoms with Crippen molar-refractivity contribution in [1.29, 1.82) is 0 Å². The minimum atomic E-state index is 0.128. The molecule has 88 valence electrons. The Morgan fingerprint density at radius 3 is 2.44 bits per heavy atom. The lowest BCUT2D eigenvalue weighted by atomic mass is 9.94. The lowest BCUT2D eigenvalue weighted by Crippen LogP contribution is -2.08. The molecule has 0 saturated heterocycles. The zero-order chi connectivity index (χ0) is 12.1. The molecule has 0 aliphatic carbocycles. The molecular formula is C13H18ClNO. The van der Waals surface area contributed by atoms with Gasteiger partial charge in [0.15, 0.2) is 5.78 Å². The van der Waals surface area contributed by atoms with Crippen molar-refractivity contribution in [3.63, 3.8) is 0 Å². The van der Waals surface area contributed by atoms with E-state index in [1.54, 1.807) is 18.2 Å². The minimum absolute atomic E-state index is 0.128. The normalized spacial score (nSPS) is 10.8. The van der Waals surface area contributed by atoms with Gasteiger partial charge in [-0.2, -0.15) is 0 Å². The third-order valence-corrected chi connectivity index (χ3v) is 3.09. The van der Waals surface area contributed by atoms with Crippen LogP contribution in [0.5, 0.6) is 0 Å². The predicted molar refractivity (Wildman–Crippen MR) is 68.9 cm³/mol. The molecule has 1 aromatic rings. The highest BCUT2D eigenvalue weighted by atomic mass is 35.5. The topological polar surface area (TPSA) is 43.1 Å². The Labute approximate surface area is 102 Å². The number of anilines is 1. The molecule has 16 heavy (non-hydrogen) atoms. The van der Waals surface area contributed by atoms with Gasteiger partial charge in [-0.1, -0.05) is 38.3 Å². The second-order valence-electron chi connectivity index (χ2n) is 4.08. The quantitative estimate of drug-likeness (QED) is 0.625. The number of carbonyl (C=O) groups excluding carboxylic acids is 1. The summed E-state index contributed by atoms with van der Waals surface area (Å²) in [6.07, 6.45) is 2.63. The molecule has 0 fully saturated rings. The van der Waals surface area contributed by atoms with E-state index in [1.807, 2.05) is 0 Å². The maximum Gasteiger partial charge on any atom is 0.163 e. The Morgan fingerprint density at radius 1 is 1.31 bits per heavy atom. The summed E-state index contributed by atoms with van der Waals surface area (Å²) in [5.41, 5.74) is 6.82. The zero-order valence-corrected chi connectivity index (χ0v) is 10.6. The van der Waals surface area contributed by atoms with Crippen LogP contribution in [0.2, 0.25) is 5.02 Å². The molecule has 1 rings (SSSR count). The number of benzene rings is 1. The van der Waals surface area contributed by atoms with Gasteiger partial charge in [0.25, 0.3) is 0 Å². The summed E-state index contributed by atoms with van der Waals surface area (Å²) in [4.78, 5) is 12.0. The van der Waals surface area contributed by atoms with Gasteiger partial charge in [0.1, 0.15) is 0 Å². The number of hydrogen-bond donors (Lipinski definition) is 1. The van der Waals surface area contributed by atoms with Crippen LogP contribution in [-0.4, -0.2) is 5.78 Å². The van der Waals surface area contributed by atoms with Crippen LogP contribution in [0, 0.1) is 5.92 Å². The fourth-order valence-electron chi connectivity index (χ4n) is 1.73. The van der Waals surface area contributed by atoms with Crippen molar-refractivity contribution in [3.8, 4) is 0 Å². The van der Waals surface area contributed by atoms with Crippen molar-refractivity contribution in [2.75, 3.05) is 5.73 Å². The van der Waals surface area contributed by atoms with Crippen molar-refractivity contribution in [2.24, 2.45) is 5.92 Å². The third-order valence-electron chi connectivity index (χ3n) is 2.87. The largest absolute Gasteiger partial charge is 0.399 e. The van der Waals surface area contributed by atoms with Crippen molar-refractivity contribution in [3.05, 3.63) is 28.8 Å². The van der Waals surface area contributed by atoms with Crippen LogP contribution in [0.4, 0.5) is 5.69 Å². The highest BCUT2D eigenvalue weighted by molar-refractivity contribution is 6.31. The number of nitrogens with two attached hydrogens (primary N) is 1. The minimum Gasteiger partial charge on any atom is -0.399 e. The number of nitrogen functional groups attached to an aromatic ring is 1. The lowest BCUT2D eigenvalue weighted by Gasteiger charge is -2.11. The molecule has 0 radical (unpaired) electrons. The molecule has 2 N–H and O–H groups in total. The second kappa shape index (κ2) is 5.90. The van der Waals surface area contributed by atoms with Gasteiger partial charge in [0.2, 0.25) is 0 Å². The summed E-state index contributed by atoms with van der Waals surface area (Å²) in [5, 5.41) is 0.521. The average Bonchev–Trinajstić information content (AvgIpc) is 2.24.